The molecular formula is C11H20N4O2. The van der Waals surface area contributed by atoms with E-state index in [1.165, 1.54) is 4.90 Å². The average molecular weight is 240 g/mol. The molecule has 0 aliphatic carbocycles. The van der Waals surface area contributed by atoms with Crippen LogP contribution in [0, 0.1) is 0 Å². The van der Waals surface area contributed by atoms with Gasteiger partial charge in [-0.05, 0) is 24.8 Å². The maximum Gasteiger partial charge on any atom is 0.222 e. The summed E-state index contributed by atoms with van der Waals surface area (Å²) in [5.74, 6) is 0.0628. The highest BCUT2D eigenvalue weighted by Gasteiger charge is 2.11. The van der Waals surface area contributed by atoms with Crippen molar-refractivity contribution in [1.82, 2.24) is 4.90 Å². The third-order valence-electron chi connectivity index (χ3n) is 2.33. The van der Waals surface area contributed by atoms with Gasteiger partial charge >= 0.3 is 0 Å². The molecule has 0 aromatic carbocycles. The minimum atomic E-state index is 0.00919. The highest BCUT2D eigenvalue weighted by molar-refractivity contribution is 5.85. The van der Waals surface area contributed by atoms with E-state index in [0.717, 1.165) is 6.42 Å². The van der Waals surface area contributed by atoms with Gasteiger partial charge in [0, 0.05) is 31.3 Å². The zero-order chi connectivity index (χ0) is 13.1. The number of rotatable bonds is 9. The SMILES string of the molecule is CCCC(=O)N(C)CC(=O)CCCCN=[N+]=[N-]. The molecule has 96 valence electrons. The van der Waals surface area contributed by atoms with Gasteiger partial charge in [0.15, 0.2) is 5.78 Å². The van der Waals surface area contributed by atoms with Crippen LogP contribution in [0.1, 0.15) is 39.0 Å². The summed E-state index contributed by atoms with van der Waals surface area (Å²) in [7, 11) is 1.65. The largest absolute Gasteiger partial charge is 0.338 e. The van der Waals surface area contributed by atoms with Gasteiger partial charge < -0.3 is 4.90 Å². The van der Waals surface area contributed by atoms with Crippen LogP contribution in [-0.4, -0.2) is 36.7 Å². The third kappa shape index (κ3) is 8.28. The van der Waals surface area contributed by atoms with Crippen LogP contribution in [-0.2, 0) is 9.59 Å². The van der Waals surface area contributed by atoms with E-state index < -0.39 is 0 Å². The topological polar surface area (TPSA) is 86.1 Å². The Kier molecular flexibility index (Phi) is 8.78. The number of hydrogen-bond acceptors (Lipinski definition) is 3. The second-order valence-corrected chi connectivity index (χ2v) is 3.95. The molecule has 0 fully saturated rings. The van der Waals surface area contributed by atoms with Crippen molar-refractivity contribution in [2.24, 2.45) is 5.11 Å². The van der Waals surface area contributed by atoms with Crippen LogP contribution < -0.4 is 0 Å². The molecule has 0 rings (SSSR count). The number of carbonyl (C=O) groups is 2. The zero-order valence-corrected chi connectivity index (χ0v) is 10.6. The van der Waals surface area contributed by atoms with Crippen LogP contribution in [0.4, 0.5) is 0 Å². The van der Waals surface area contributed by atoms with Gasteiger partial charge in [0.2, 0.25) is 5.91 Å². The molecule has 0 aliphatic heterocycles. The lowest BCUT2D eigenvalue weighted by molar-refractivity contribution is -0.134. The number of hydrogen-bond donors (Lipinski definition) is 0. The lowest BCUT2D eigenvalue weighted by Crippen LogP contribution is -2.31. The number of Topliss-reactive ketones (excluding diaryl/α,β-unsaturated/α-hetero) is 1. The highest BCUT2D eigenvalue weighted by Crippen LogP contribution is 2.00. The molecule has 17 heavy (non-hydrogen) atoms. The Labute approximate surface area is 102 Å². The molecule has 6 nitrogen and oxygen atoms in total. The Morgan fingerprint density at radius 2 is 2.00 bits per heavy atom. The second kappa shape index (κ2) is 9.66. The molecule has 0 aliphatic rings. The Bertz CT molecular complexity index is 298. The molecular weight excluding hydrogens is 220 g/mol. The second-order valence-electron chi connectivity index (χ2n) is 3.95. The molecule has 0 atom stereocenters. The molecule has 0 saturated heterocycles. The minimum absolute atomic E-state index is 0.00919. The molecule has 0 heterocycles. The van der Waals surface area contributed by atoms with Crippen molar-refractivity contribution in [3.63, 3.8) is 0 Å². The number of azide groups is 1. The van der Waals surface area contributed by atoms with Crippen molar-refractivity contribution < 1.29 is 9.59 Å². The standard InChI is InChI=1S/C11H20N4O2/c1-3-6-11(17)15(2)9-10(16)7-4-5-8-13-14-12/h3-9H2,1-2H3. The van der Waals surface area contributed by atoms with E-state index in [4.69, 9.17) is 5.53 Å². The van der Waals surface area contributed by atoms with E-state index in [1.54, 1.807) is 7.05 Å². The van der Waals surface area contributed by atoms with Gasteiger partial charge in [0.25, 0.3) is 0 Å². The number of likely N-dealkylation sites (N-methyl/N-ethyl adjacent to an activating group) is 1. The Hall–Kier alpha value is -1.55. The first-order chi connectivity index (χ1) is 8.11. The molecule has 0 unspecified atom stereocenters. The van der Waals surface area contributed by atoms with Crippen LogP contribution in [0.2, 0.25) is 0 Å². The molecule has 0 aromatic rings. The third-order valence-corrected chi connectivity index (χ3v) is 2.33. The van der Waals surface area contributed by atoms with Crippen molar-refractivity contribution in [1.29, 1.82) is 0 Å². The summed E-state index contributed by atoms with van der Waals surface area (Å²) >= 11 is 0. The lowest BCUT2D eigenvalue weighted by atomic mass is 10.1. The molecule has 6 heteroatoms. The minimum Gasteiger partial charge on any atom is -0.338 e. The summed E-state index contributed by atoms with van der Waals surface area (Å²) in [5, 5.41) is 3.39. The monoisotopic (exact) mass is 240 g/mol. The van der Waals surface area contributed by atoms with E-state index in [-0.39, 0.29) is 18.2 Å². The fourth-order valence-corrected chi connectivity index (χ4v) is 1.39. The Morgan fingerprint density at radius 3 is 2.59 bits per heavy atom. The summed E-state index contributed by atoms with van der Waals surface area (Å²) in [6, 6.07) is 0. The number of carbonyl (C=O) groups excluding carboxylic acids is 2. The van der Waals surface area contributed by atoms with Crippen molar-refractivity contribution in [2.45, 2.75) is 39.0 Å². The van der Waals surface area contributed by atoms with Crippen molar-refractivity contribution >= 4 is 11.7 Å². The summed E-state index contributed by atoms with van der Waals surface area (Å²) in [5.41, 5.74) is 8.05. The molecule has 0 bridgehead atoms. The van der Waals surface area contributed by atoms with Crippen LogP contribution in [0.3, 0.4) is 0 Å². The van der Waals surface area contributed by atoms with Crippen LogP contribution in [0.25, 0.3) is 10.4 Å². The fourth-order valence-electron chi connectivity index (χ4n) is 1.39. The van der Waals surface area contributed by atoms with Gasteiger partial charge in [-0.2, -0.15) is 0 Å². The summed E-state index contributed by atoms with van der Waals surface area (Å²) < 4.78 is 0. The first-order valence-electron chi connectivity index (χ1n) is 5.88. The van der Waals surface area contributed by atoms with Gasteiger partial charge in [-0.25, -0.2) is 0 Å². The number of ketones is 1. The Balaban J connectivity index is 3.70. The first kappa shape index (κ1) is 15.4. The summed E-state index contributed by atoms with van der Waals surface area (Å²) in [6.07, 6.45) is 3.13. The molecule has 0 N–H and O–H groups in total. The summed E-state index contributed by atoms with van der Waals surface area (Å²) in [6.45, 7) is 2.54. The van der Waals surface area contributed by atoms with E-state index >= 15 is 0 Å². The zero-order valence-electron chi connectivity index (χ0n) is 10.6. The maximum atomic E-state index is 11.5. The predicted molar refractivity (Wildman–Crippen MR) is 65.4 cm³/mol. The summed E-state index contributed by atoms with van der Waals surface area (Å²) in [4.78, 5) is 27.0. The fraction of sp³-hybridized carbons (Fsp3) is 0.818. The molecule has 0 radical (unpaired) electrons. The average Bonchev–Trinajstić information content (AvgIpc) is 2.29. The van der Waals surface area contributed by atoms with E-state index in [9.17, 15) is 9.59 Å². The number of unbranched alkanes of at least 4 members (excludes halogenated alkanes) is 1. The van der Waals surface area contributed by atoms with Gasteiger partial charge in [-0.1, -0.05) is 12.0 Å². The van der Waals surface area contributed by atoms with Gasteiger partial charge in [-0.3, -0.25) is 9.59 Å². The van der Waals surface area contributed by atoms with Gasteiger partial charge in [0.1, 0.15) is 0 Å². The van der Waals surface area contributed by atoms with Crippen molar-refractivity contribution in [3.05, 3.63) is 10.4 Å². The van der Waals surface area contributed by atoms with Crippen molar-refractivity contribution in [2.75, 3.05) is 20.1 Å². The van der Waals surface area contributed by atoms with E-state index in [1.807, 2.05) is 6.92 Å². The van der Waals surface area contributed by atoms with E-state index in [0.29, 0.717) is 32.2 Å². The van der Waals surface area contributed by atoms with E-state index in [2.05, 4.69) is 10.0 Å². The predicted octanol–water partition coefficient (Wildman–Crippen LogP) is 2.29. The first-order valence-corrected chi connectivity index (χ1v) is 5.88. The lowest BCUT2D eigenvalue weighted by Gasteiger charge is -2.15. The molecule has 0 spiro atoms. The Morgan fingerprint density at radius 1 is 1.29 bits per heavy atom. The van der Waals surface area contributed by atoms with Crippen LogP contribution in [0.5, 0.6) is 0 Å². The quantitative estimate of drug-likeness (QED) is 0.268. The van der Waals surface area contributed by atoms with Gasteiger partial charge in [-0.15, -0.1) is 0 Å². The van der Waals surface area contributed by atoms with Crippen LogP contribution in [0.15, 0.2) is 5.11 Å². The van der Waals surface area contributed by atoms with Crippen LogP contribution >= 0.6 is 0 Å². The molecule has 1 amide bonds. The van der Waals surface area contributed by atoms with Crippen molar-refractivity contribution in [3.8, 4) is 0 Å². The normalized spacial score (nSPS) is 9.53. The smallest absolute Gasteiger partial charge is 0.222 e. The van der Waals surface area contributed by atoms with Gasteiger partial charge in [0.05, 0.1) is 6.54 Å². The molecule has 0 aromatic heterocycles. The number of nitrogens with zero attached hydrogens (tertiary/aromatic N) is 4. The highest BCUT2D eigenvalue weighted by atomic mass is 16.2. The maximum absolute atomic E-state index is 11.5. The number of amides is 1. The molecule has 0 saturated carbocycles.